The van der Waals surface area contributed by atoms with Crippen molar-refractivity contribution in [3.63, 3.8) is 0 Å². The minimum atomic E-state index is 0. The molecule has 0 spiro atoms. The van der Waals surface area contributed by atoms with Gasteiger partial charge in [0.1, 0.15) is 5.01 Å². The van der Waals surface area contributed by atoms with Crippen LogP contribution in [0.2, 0.25) is 0 Å². The topological polar surface area (TPSA) is 79.5 Å². The first-order chi connectivity index (χ1) is 11.2. The Morgan fingerprint density at radius 2 is 2.00 bits per heavy atom. The number of aryl methyl sites for hydroxylation is 2. The third-order valence-electron chi connectivity index (χ3n) is 3.50. The molecule has 0 fully saturated rings. The van der Waals surface area contributed by atoms with Gasteiger partial charge in [-0.2, -0.15) is 0 Å². The van der Waals surface area contributed by atoms with E-state index < -0.39 is 0 Å². The van der Waals surface area contributed by atoms with Crippen LogP contribution < -0.4 is 10.6 Å². The van der Waals surface area contributed by atoms with Crippen molar-refractivity contribution in [3.8, 4) is 0 Å². The van der Waals surface area contributed by atoms with Crippen molar-refractivity contribution >= 4 is 46.9 Å². The van der Waals surface area contributed by atoms with Crippen molar-refractivity contribution in [3.05, 3.63) is 45.8 Å². The molecule has 0 aliphatic heterocycles. The van der Waals surface area contributed by atoms with E-state index in [1.807, 2.05) is 35.7 Å². The Kier molecular flexibility index (Phi) is 6.49. The highest BCUT2D eigenvalue weighted by molar-refractivity contribution is 14.0. The van der Waals surface area contributed by atoms with E-state index in [1.54, 1.807) is 18.4 Å². The molecule has 0 atom stereocenters. The van der Waals surface area contributed by atoms with Gasteiger partial charge in [0, 0.05) is 18.1 Å². The summed E-state index contributed by atoms with van der Waals surface area (Å²) in [6.45, 7) is 5.30. The van der Waals surface area contributed by atoms with Crippen molar-refractivity contribution in [2.45, 2.75) is 26.9 Å². The van der Waals surface area contributed by atoms with E-state index in [1.165, 1.54) is 4.88 Å². The van der Waals surface area contributed by atoms with Crippen LogP contribution in [0.15, 0.2) is 29.4 Å². The summed E-state index contributed by atoms with van der Waals surface area (Å²) in [6, 6.07) is 5.83. The van der Waals surface area contributed by atoms with Crippen molar-refractivity contribution in [2.24, 2.45) is 4.99 Å². The fourth-order valence-electron chi connectivity index (χ4n) is 2.17. The summed E-state index contributed by atoms with van der Waals surface area (Å²) in [5.74, 6) is 1.55. The molecule has 3 aromatic heterocycles. The number of halogens is 1. The van der Waals surface area contributed by atoms with E-state index in [0.717, 1.165) is 22.2 Å². The van der Waals surface area contributed by atoms with Crippen LogP contribution in [0.3, 0.4) is 0 Å². The van der Waals surface area contributed by atoms with Gasteiger partial charge in [0.25, 0.3) is 0 Å². The summed E-state index contributed by atoms with van der Waals surface area (Å²) < 4.78 is 1.95. The average Bonchev–Trinajstić information content (AvgIpc) is 3.11. The zero-order valence-corrected chi connectivity index (χ0v) is 16.9. The van der Waals surface area contributed by atoms with Crippen LogP contribution in [-0.4, -0.2) is 32.6 Å². The number of guanidine groups is 1. The maximum Gasteiger partial charge on any atom is 0.191 e. The average molecular weight is 457 g/mol. The van der Waals surface area contributed by atoms with Crippen LogP contribution in [0, 0.1) is 13.8 Å². The molecule has 0 aromatic carbocycles. The number of nitrogens with zero attached hydrogens (tertiary/aromatic N) is 5. The predicted molar refractivity (Wildman–Crippen MR) is 107 cm³/mol. The summed E-state index contributed by atoms with van der Waals surface area (Å²) in [6.07, 6.45) is 1.95. The Morgan fingerprint density at radius 1 is 1.21 bits per heavy atom. The quantitative estimate of drug-likeness (QED) is 0.357. The zero-order valence-electron chi connectivity index (χ0n) is 13.8. The number of hydrogen-bond acceptors (Lipinski definition) is 5. The minimum absolute atomic E-state index is 0. The second-order valence-electron chi connectivity index (χ2n) is 5.07. The van der Waals surface area contributed by atoms with Crippen LogP contribution >= 0.6 is 35.3 Å². The van der Waals surface area contributed by atoms with E-state index in [2.05, 4.69) is 37.7 Å². The molecular weight excluding hydrogens is 437 g/mol. The Morgan fingerprint density at radius 3 is 2.71 bits per heavy atom. The van der Waals surface area contributed by atoms with Crippen molar-refractivity contribution in [1.82, 2.24) is 30.2 Å². The van der Waals surface area contributed by atoms with Gasteiger partial charge in [-0.3, -0.25) is 9.39 Å². The summed E-state index contributed by atoms with van der Waals surface area (Å²) in [5, 5.41) is 15.9. The lowest BCUT2D eigenvalue weighted by molar-refractivity contribution is 0.760. The van der Waals surface area contributed by atoms with Gasteiger partial charge in [0.2, 0.25) is 0 Å². The molecule has 0 bridgehead atoms. The number of thiazole rings is 1. The molecular formula is C15H20IN7S. The lowest BCUT2D eigenvalue weighted by atomic mass is 10.4. The number of aromatic nitrogens is 4. The van der Waals surface area contributed by atoms with E-state index in [0.29, 0.717) is 19.0 Å². The van der Waals surface area contributed by atoms with Crippen LogP contribution in [0.25, 0.3) is 5.65 Å². The van der Waals surface area contributed by atoms with Gasteiger partial charge in [0.15, 0.2) is 17.4 Å². The molecule has 7 nitrogen and oxygen atoms in total. The molecule has 0 amide bonds. The Hall–Kier alpha value is -1.75. The Labute approximate surface area is 161 Å². The molecule has 0 aliphatic rings. The van der Waals surface area contributed by atoms with Crippen LogP contribution in [-0.2, 0) is 13.1 Å². The van der Waals surface area contributed by atoms with Gasteiger partial charge >= 0.3 is 0 Å². The van der Waals surface area contributed by atoms with Gasteiger partial charge in [0.05, 0.1) is 18.8 Å². The summed E-state index contributed by atoms with van der Waals surface area (Å²) in [5.41, 5.74) is 1.92. The van der Waals surface area contributed by atoms with Gasteiger partial charge < -0.3 is 10.6 Å². The molecule has 0 aliphatic carbocycles. The minimum Gasteiger partial charge on any atom is -0.350 e. The third-order valence-corrected chi connectivity index (χ3v) is 4.57. The number of aliphatic imine (C=N–C) groups is 1. The van der Waals surface area contributed by atoms with E-state index in [-0.39, 0.29) is 24.0 Å². The van der Waals surface area contributed by atoms with Gasteiger partial charge in [-0.25, -0.2) is 4.98 Å². The lowest BCUT2D eigenvalue weighted by Crippen LogP contribution is -2.36. The maximum absolute atomic E-state index is 4.51. The SMILES string of the molecule is CN=C(NCc1nc(C)c(C)s1)NCc1nnc2ccccn12.I. The molecule has 3 heterocycles. The highest BCUT2D eigenvalue weighted by Crippen LogP contribution is 2.15. The lowest BCUT2D eigenvalue weighted by Gasteiger charge is -2.10. The van der Waals surface area contributed by atoms with Crippen LogP contribution in [0.5, 0.6) is 0 Å². The number of fused-ring (bicyclic) bond motifs is 1. The first-order valence-electron chi connectivity index (χ1n) is 7.33. The highest BCUT2D eigenvalue weighted by atomic mass is 127. The third kappa shape index (κ3) is 4.20. The number of rotatable bonds is 4. The molecule has 3 aromatic rings. The van der Waals surface area contributed by atoms with Crippen molar-refractivity contribution < 1.29 is 0 Å². The molecule has 2 N–H and O–H groups in total. The molecule has 0 unspecified atom stereocenters. The van der Waals surface area contributed by atoms with E-state index >= 15 is 0 Å². The van der Waals surface area contributed by atoms with Gasteiger partial charge in [-0.05, 0) is 26.0 Å². The van der Waals surface area contributed by atoms with E-state index in [9.17, 15) is 0 Å². The highest BCUT2D eigenvalue weighted by Gasteiger charge is 2.07. The fourth-order valence-corrected chi connectivity index (χ4v) is 3.04. The molecule has 0 radical (unpaired) electrons. The second-order valence-corrected chi connectivity index (χ2v) is 6.36. The zero-order chi connectivity index (χ0) is 16.2. The molecule has 0 saturated heterocycles. The van der Waals surface area contributed by atoms with E-state index in [4.69, 9.17) is 0 Å². The van der Waals surface area contributed by atoms with Crippen molar-refractivity contribution in [2.75, 3.05) is 7.05 Å². The summed E-state index contributed by atoms with van der Waals surface area (Å²) in [7, 11) is 1.75. The van der Waals surface area contributed by atoms with Gasteiger partial charge in [-0.1, -0.05) is 6.07 Å². The molecule has 0 saturated carbocycles. The molecule has 24 heavy (non-hydrogen) atoms. The number of hydrogen-bond donors (Lipinski definition) is 2. The monoisotopic (exact) mass is 457 g/mol. The summed E-state index contributed by atoms with van der Waals surface area (Å²) in [4.78, 5) is 9.99. The fraction of sp³-hybridized carbons (Fsp3) is 0.333. The van der Waals surface area contributed by atoms with Gasteiger partial charge in [-0.15, -0.1) is 45.5 Å². The number of pyridine rings is 1. The largest absolute Gasteiger partial charge is 0.350 e. The molecule has 128 valence electrons. The van der Waals surface area contributed by atoms with Crippen molar-refractivity contribution in [1.29, 1.82) is 0 Å². The standard InChI is InChI=1S/C15H19N7S.HI/c1-10-11(2)23-14(19-10)9-18-15(16-3)17-8-13-21-20-12-6-4-5-7-22(12)13;/h4-7H,8-9H2,1-3H3,(H2,16,17,18);1H. The maximum atomic E-state index is 4.51. The van der Waals surface area contributed by atoms with Crippen LogP contribution in [0.4, 0.5) is 0 Å². The molecule has 3 rings (SSSR count). The predicted octanol–water partition coefficient (Wildman–Crippen LogP) is 2.29. The first-order valence-corrected chi connectivity index (χ1v) is 8.15. The first kappa shape index (κ1) is 18.6. The number of nitrogens with one attached hydrogen (secondary N) is 2. The Bertz CT molecular complexity index is 820. The smallest absolute Gasteiger partial charge is 0.191 e. The molecule has 9 heteroatoms. The van der Waals surface area contributed by atoms with Crippen LogP contribution in [0.1, 0.15) is 21.4 Å². The summed E-state index contributed by atoms with van der Waals surface area (Å²) >= 11 is 1.70. The normalized spacial score (nSPS) is 11.4. The second kappa shape index (κ2) is 8.38. The Balaban J connectivity index is 0.00000208.